The molecule has 0 spiro atoms. The zero-order valence-corrected chi connectivity index (χ0v) is 10.3. The number of benzene rings is 1. The Labute approximate surface area is 106 Å². The smallest absolute Gasteiger partial charge is 0.141 e. The minimum atomic E-state index is -0.197. The molecule has 0 saturated carbocycles. The Morgan fingerprint density at radius 3 is 2.50 bits per heavy atom. The molecular formula is C14H16FN3. The van der Waals surface area contributed by atoms with Crippen molar-refractivity contribution in [2.45, 2.75) is 25.9 Å². The molecule has 1 unspecified atom stereocenters. The molecule has 1 aromatic carbocycles. The van der Waals surface area contributed by atoms with Crippen LogP contribution in [0.4, 0.5) is 4.39 Å². The van der Waals surface area contributed by atoms with Crippen LogP contribution in [-0.4, -0.2) is 16.0 Å². The third-order valence-corrected chi connectivity index (χ3v) is 2.68. The summed E-state index contributed by atoms with van der Waals surface area (Å²) in [5, 5.41) is 3.34. The van der Waals surface area contributed by atoms with Gasteiger partial charge >= 0.3 is 0 Å². The molecule has 2 rings (SSSR count). The standard InChI is InChI=1S/C14H16FN3/c1-11(9-12-3-5-13(15)6-4-12)18-10-14-16-7-2-8-17-14/h2-8,11,18H,9-10H2,1H3. The van der Waals surface area contributed by atoms with Crippen LogP contribution in [0, 0.1) is 5.82 Å². The van der Waals surface area contributed by atoms with Gasteiger partial charge in [0.15, 0.2) is 0 Å². The van der Waals surface area contributed by atoms with Gasteiger partial charge in [-0.15, -0.1) is 0 Å². The van der Waals surface area contributed by atoms with Crippen LogP contribution >= 0.6 is 0 Å². The quantitative estimate of drug-likeness (QED) is 0.878. The van der Waals surface area contributed by atoms with Crippen molar-refractivity contribution < 1.29 is 4.39 Å². The molecule has 94 valence electrons. The highest BCUT2D eigenvalue weighted by Gasteiger charge is 2.04. The summed E-state index contributed by atoms with van der Waals surface area (Å²) in [6, 6.07) is 8.69. The van der Waals surface area contributed by atoms with E-state index in [0.29, 0.717) is 12.6 Å². The van der Waals surface area contributed by atoms with Gasteiger partial charge in [-0.05, 0) is 37.1 Å². The van der Waals surface area contributed by atoms with E-state index < -0.39 is 0 Å². The zero-order chi connectivity index (χ0) is 12.8. The van der Waals surface area contributed by atoms with Gasteiger partial charge in [-0.3, -0.25) is 0 Å². The molecule has 3 nitrogen and oxygen atoms in total. The van der Waals surface area contributed by atoms with Crippen LogP contribution in [-0.2, 0) is 13.0 Å². The normalized spacial score (nSPS) is 12.3. The molecule has 1 heterocycles. The van der Waals surface area contributed by atoms with E-state index in [1.807, 2.05) is 12.1 Å². The minimum absolute atomic E-state index is 0.197. The van der Waals surface area contributed by atoms with E-state index in [1.54, 1.807) is 18.5 Å². The van der Waals surface area contributed by atoms with Crippen LogP contribution in [0.15, 0.2) is 42.7 Å². The summed E-state index contributed by atoms with van der Waals surface area (Å²) >= 11 is 0. The van der Waals surface area contributed by atoms with Gasteiger partial charge in [0.25, 0.3) is 0 Å². The molecular weight excluding hydrogens is 229 g/mol. The van der Waals surface area contributed by atoms with Crippen LogP contribution in [0.25, 0.3) is 0 Å². The predicted octanol–water partition coefficient (Wildman–Crippen LogP) is 2.34. The van der Waals surface area contributed by atoms with Crippen molar-refractivity contribution in [1.29, 1.82) is 0 Å². The number of halogens is 1. The average Bonchev–Trinajstić information content (AvgIpc) is 2.40. The van der Waals surface area contributed by atoms with Crippen molar-refractivity contribution in [3.8, 4) is 0 Å². The fraction of sp³-hybridized carbons (Fsp3) is 0.286. The second kappa shape index (κ2) is 6.21. The Balaban J connectivity index is 1.82. The lowest BCUT2D eigenvalue weighted by Gasteiger charge is -2.13. The summed E-state index contributed by atoms with van der Waals surface area (Å²) in [5.41, 5.74) is 1.12. The number of rotatable bonds is 5. The molecule has 0 aliphatic heterocycles. The number of nitrogens with zero attached hydrogens (tertiary/aromatic N) is 2. The van der Waals surface area contributed by atoms with Crippen molar-refractivity contribution in [2.24, 2.45) is 0 Å². The third-order valence-electron chi connectivity index (χ3n) is 2.68. The van der Waals surface area contributed by atoms with Gasteiger partial charge in [0, 0.05) is 18.4 Å². The van der Waals surface area contributed by atoms with E-state index in [0.717, 1.165) is 17.8 Å². The second-order valence-corrected chi connectivity index (χ2v) is 4.28. The largest absolute Gasteiger partial charge is 0.307 e. The SMILES string of the molecule is CC(Cc1ccc(F)cc1)NCc1ncccn1. The molecule has 0 aliphatic carbocycles. The molecule has 0 saturated heterocycles. The Bertz CT molecular complexity index is 470. The van der Waals surface area contributed by atoms with Crippen LogP contribution < -0.4 is 5.32 Å². The van der Waals surface area contributed by atoms with E-state index in [1.165, 1.54) is 12.1 Å². The fourth-order valence-corrected chi connectivity index (χ4v) is 1.73. The molecule has 1 aromatic heterocycles. The molecule has 2 aromatic rings. The Hall–Kier alpha value is -1.81. The molecule has 0 amide bonds. The molecule has 1 N–H and O–H groups in total. The predicted molar refractivity (Wildman–Crippen MR) is 68.4 cm³/mol. The summed E-state index contributed by atoms with van der Waals surface area (Å²) in [6.45, 7) is 2.73. The molecule has 0 aliphatic rings. The maximum absolute atomic E-state index is 12.8. The van der Waals surface area contributed by atoms with Gasteiger partial charge in [-0.1, -0.05) is 12.1 Å². The second-order valence-electron chi connectivity index (χ2n) is 4.28. The third kappa shape index (κ3) is 3.89. The molecule has 4 heteroatoms. The van der Waals surface area contributed by atoms with Gasteiger partial charge in [-0.25, -0.2) is 14.4 Å². The fourth-order valence-electron chi connectivity index (χ4n) is 1.73. The van der Waals surface area contributed by atoms with Gasteiger partial charge in [0.05, 0.1) is 6.54 Å². The first kappa shape index (κ1) is 12.6. The molecule has 0 fully saturated rings. The van der Waals surface area contributed by atoms with Crippen LogP contribution in [0.1, 0.15) is 18.3 Å². The summed E-state index contributed by atoms with van der Waals surface area (Å²) in [5.74, 6) is 0.584. The number of hydrogen-bond acceptors (Lipinski definition) is 3. The molecule has 0 bridgehead atoms. The Morgan fingerprint density at radius 1 is 1.17 bits per heavy atom. The van der Waals surface area contributed by atoms with Crippen molar-refractivity contribution in [1.82, 2.24) is 15.3 Å². The Kier molecular flexibility index (Phi) is 4.36. The molecule has 1 atom stereocenters. The van der Waals surface area contributed by atoms with Gasteiger partial charge in [0.2, 0.25) is 0 Å². The van der Waals surface area contributed by atoms with Gasteiger partial charge in [0.1, 0.15) is 11.6 Å². The van der Waals surface area contributed by atoms with Crippen molar-refractivity contribution in [2.75, 3.05) is 0 Å². The van der Waals surface area contributed by atoms with Crippen LogP contribution in [0.2, 0.25) is 0 Å². The van der Waals surface area contributed by atoms with Gasteiger partial charge in [-0.2, -0.15) is 0 Å². The first-order valence-corrected chi connectivity index (χ1v) is 5.98. The van der Waals surface area contributed by atoms with Crippen LogP contribution in [0.3, 0.4) is 0 Å². The number of nitrogens with one attached hydrogen (secondary N) is 1. The van der Waals surface area contributed by atoms with E-state index in [9.17, 15) is 4.39 Å². The first-order valence-electron chi connectivity index (χ1n) is 5.98. The monoisotopic (exact) mass is 245 g/mol. The summed E-state index contributed by atoms with van der Waals surface area (Å²) < 4.78 is 12.8. The summed E-state index contributed by atoms with van der Waals surface area (Å²) in [6.07, 6.45) is 4.32. The zero-order valence-electron chi connectivity index (χ0n) is 10.3. The van der Waals surface area contributed by atoms with Crippen molar-refractivity contribution in [3.63, 3.8) is 0 Å². The maximum Gasteiger partial charge on any atom is 0.141 e. The lowest BCUT2D eigenvalue weighted by molar-refractivity contribution is 0.532. The number of hydrogen-bond donors (Lipinski definition) is 1. The van der Waals surface area contributed by atoms with E-state index in [-0.39, 0.29) is 5.82 Å². The highest BCUT2D eigenvalue weighted by molar-refractivity contribution is 5.17. The highest BCUT2D eigenvalue weighted by Crippen LogP contribution is 2.05. The van der Waals surface area contributed by atoms with Crippen molar-refractivity contribution in [3.05, 3.63) is 59.9 Å². The summed E-state index contributed by atoms with van der Waals surface area (Å²) in [4.78, 5) is 8.29. The van der Waals surface area contributed by atoms with Gasteiger partial charge < -0.3 is 5.32 Å². The molecule has 0 radical (unpaired) electrons. The van der Waals surface area contributed by atoms with E-state index in [4.69, 9.17) is 0 Å². The number of aromatic nitrogens is 2. The highest BCUT2D eigenvalue weighted by atomic mass is 19.1. The topological polar surface area (TPSA) is 37.8 Å². The first-order chi connectivity index (χ1) is 8.74. The van der Waals surface area contributed by atoms with Crippen molar-refractivity contribution >= 4 is 0 Å². The molecule has 18 heavy (non-hydrogen) atoms. The van der Waals surface area contributed by atoms with Crippen LogP contribution in [0.5, 0.6) is 0 Å². The minimum Gasteiger partial charge on any atom is -0.307 e. The van der Waals surface area contributed by atoms with E-state index in [2.05, 4.69) is 22.2 Å². The Morgan fingerprint density at radius 2 is 1.83 bits per heavy atom. The lowest BCUT2D eigenvalue weighted by Crippen LogP contribution is -2.28. The summed E-state index contributed by atoms with van der Waals surface area (Å²) in [7, 11) is 0. The average molecular weight is 245 g/mol. The lowest BCUT2D eigenvalue weighted by atomic mass is 10.1. The van der Waals surface area contributed by atoms with E-state index >= 15 is 0 Å². The maximum atomic E-state index is 12.8.